The van der Waals surface area contributed by atoms with Crippen molar-refractivity contribution < 1.29 is 5.11 Å². The van der Waals surface area contributed by atoms with Crippen LogP contribution in [0.15, 0.2) is 24.3 Å². The number of nitrogens with zero attached hydrogens (tertiary/aromatic N) is 1. The van der Waals surface area contributed by atoms with Gasteiger partial charge >= 0.3 is 0 Å². The molecule has 0 spiro atoms. The van der Waals surface area contributed by atoms with Gasteiger partial charge in [0, 0.05) is 17.0 Å². The number of hydrogen-bond acceptors (Lipinski definition) is 4. The molecule has 1 heterocycles. The lowest BCUT2D eigenvalue weighted by atomic mass is 10.1. The molecule has 1 unspecified atom stereocenters. The first kappa shape index (κ1) is 12.1. The second-order valence-electron chi connectivity index (χ2n) is 4.14. The van der Waals surface area contributed by atoms with E-state index < -0.39 is 6.10 Å². The Morgan fingerprint density at radius 3 is 2.47 bits per heavy atom. The number of hydrogen-bond donors (Lipinski definition) is 2. The Bertz CT molecular complexity index is 485. The zero-order chi connectivity index (χ0) is 12.4. The molecule has 0 fully saturated rings. The number of aliphatic hydroxyl groups excluding tert-OH is 1. The molecular weight excluding hydrogens is 232 g/mol. The molecule has 0 amide bonds. The third kappa shape index (κ3) is 2.84. The van der Waals surface area contributed by atoms with Crippen molar-refractivity contribution >= 4 is 17.0 Å². The molecule has 2 aromatic rings. The van der Waals surface area contributed by atoms with Gasteiger partial charge in [0.15, 0.2) is 0 Å². The Kier molecular flexibility index (Phi) is 3.45. The van der Waals surface area contributed by atoms with Crippen LogP contribution in [0.3, 0.4) is 0 Å². The maximum atomic E-state index is 10.1. The average Bonchev–Trinajstić information content (AvgIpc) is 2.58. The van der Waals surface area contributed by atoms with Crippen LogP contribution in [0.1, 0.15) is 27.2 Å². The summed E-state index contributed by atoms with van der Waals surface area (Å²) in [5.41, 5.74) is 8.25. The first-order chi connectivity index (χ1) is 8.06. The highest BCUT2D eigenvalue weighted by Crippen LogP contribution is 2.23. The van der Waals surface area contributed by atoms with Crippen LogP contribution in [0, 0.1) is 13.8 Å². The van der Waals surface area contributed by atoms with Crippen LogP contribution in [0.4, 0.5) is 5.69 Å². The number of nitrogens with two attached hydrogens (primary N) is 1. The molecule has 0 aliphatic rings. The second-order valence-corrected chi connectivity index (χ2v) is 5.42. The topological polar surface area (TPSA) is 59.1 Å². The highest BCUT2D eigenvalue weighted by atomic mass is 32.1. The molecule has 1 aromatic heterocycles. The quantitative estimate of drug-likeness (QED) is 0.821. The van der Waals surface area contributed by atoms with Crippen LogP contribution in [-0.2, 0) is 6.42 Å². The number of nitrogen functional groups attached to an aromatic ring is 1. The Morgan fingerprint density at radius 1 is 1.29 bits per heavy atom. The lowest BCUT2D eigenvalue weighted by molar-refractivity contribution is 0.178. The highest BCUT2D eigenvalue weighted by Gasteiger charge is 2.12. The number of anilines is 1. The van der Waals surface area contributed by atoms with Gasteiger partial charge in [0.05, 0.1) is 16.8 Å². The molecule has 1 atom stereocenters. The Labute approximate surface area is 105 Å². The van der Waals surface area contributed by atoms with E-state index in [-0.39, 0.29) is 0 Å². The van der Waals surface area contributed by atoms with Crippen molar-refractivity contribution in [2.45, 2.75) is 26.4 Å². The third-order valence-corrected chi connectivity index (χ3v) is 3.86. The molecule has 4 heteroatoms. The van der Waals surface area contributed by atoms with E-state index in [2.05, 4.69) is 4.98 Å². The summed E-state index contributed by atoms with van der Waals surface area (Å²) in [5, 5.41) is 11.1. The van der Waals surface area contributed by atoms with E-state index in [0.717, 1.165) is 16.3 Å². The van der Waals surface area contributed by atoms with E-state index in [1.54, 1.807) is 23.5 Å². The molecule has 2 rings (SSSR count). The molecule has 3 N–H and O–H groups in total. The summed E-state index contributed by atoms with van der Waals surface area (Å²) in [6.07, 6.45) is 0.0454. The molecule has 1 aromatic carbocycles. The van der Waals surface area contributed by atoms with Gasteiger partial charge in [0.25, 0.3) is 0 Å². The van der Waals surface area contributed by atoms with Crippen LogP contribution < -0.4 is 5.73 Å². The number of thiazole rings is 1. The summed E-state index contributed by atoms with van der Waals surface area (Å²) in [7, 11) is 0. The summed E-state index contributed by atoms with van der Waals surface area (Å²) in [5.74, 6) is 0. The van der Waals surface area contributed by atoms with Crippen LogP contribution in [0.2, 0.25) is 0 Å². The van der Waals surface area contributed by atoms with E-state index in [1.165, 1.54) is 4.88 Å². The lowest BCUT2D eigenvalue weighted by Gasteiger charge is -2.09. The number of aliphatic hydroxyl groups is 1. The van der Waals surface area contributed by atoms with Gasteiger partial charge in [-0.15, -0.1) is 11.3 Å². The fraction of sp³-hybridized carbons (Fsp3) is 0.308. The summed E-state index contributed by atoms with van der Waals surface area (Å²) in [4.78, 5) is 5.64. The summed E-state index contributed by atoms with van der Waals surface area (Å²) in [6.45, 7) is 4.04. The van der Waals surface area contributed by atoms with E-state index in [1.807, 2.05) is 26.0 Å². The van der Waals surface area contributed by atoms with E-state index in [9.17, 15) is 5.11 Å². The van der Waals surface area contributed by atoms with Crippen molar-refractivity contribution in [2.24, 2.45) is 0 Å². The minimum Gasteiger partial charge on any atom is -0.399 e. The number of benzene rings is 1. The molecular formula is C13H16N2OS. The smallest absolute Gasteiger partial charge is 0.0960 e. The molecule has 0 aliphatic heterocycles. The molecule has 17 heavy (non-hydrogen) atoms. The fourth-order valence-corrected chi connectivity index (χ4v) is 2.60. The van der Waals surface area contributed by atoms with Gasteiger partial charge in [-0.05, 0) is 31.5 Å². The SMILES string of the molecule is Cc1nc(CC(O)c2ccc(N)cc2)sc1C. The summed E-state index contributed by atoms with van der Waals surface area (Å²) in [6, 6.07) is 7.31. The van der Waals surface area contributed by atoms with Crippen molar-refractivity contribution in [3.05, 3.63) is 45.4 Å². The van der Waals surface area contributed by atoms with Crippen molar-refractivity contribution in [3.63, 3.8) is 0 Å². The van der Waals surface area contributed by atoms with Crippen molar-refractivity contribution in [1.82, 2.24) is 4.98 Å². The zero-order valence-corrected chi connectivity index (χ0v) is 10.8. The van der Waals surface area contributed by atoms with Gasteiger partial charge in [-0.1, -0.05) is 12.1 Å². The number of aryl methyl sites for hydroxylation is 2. The fourth-order valence-electron chi connectivity index (χ4n) is 1.63. The minimum atomic E-state index is -0.513. The number of rotatable bonds is 3. The molecule has 0 radical (unpaired) electrons. The monoisotopic (exact) mass is 248 g/mol. The van der Waals surface area contributed by atoms with E-state index in [0.29, 0.717) is 12.1 Å². The predicted octanol–water partition coefficient (Wildman–Crippen LogP) is 2.62. The third-order valence-electron chi connectivity index (χ3n) is 2.76. The van der Waals surface area contributed by atoms with Crippen molar-refractivity contribution in [1.29, 1.82) is 0 Å². The maximum absolute atomic E-state index is 10.1. The molecule has 0 bridgehead atoms. The van der Waals surface area contributed by atoms with E-state index >= 15 is 0 Å². The van der Waals surface area contributed by atoms with Gasteiger partial charge in [0.2, 0.25) is 0 Å². The second kappa shape index (κ2) is 4.85. The molecule has 90 valence electrons. The molecule has 0 saturated heterocycles. The maximum Gasteiger partial charge on any atom is 0.0960 e. The Hall–Kier alpha value is -1.39. The summed E-state index contributed by atoms with van der Waals surface area (Å²) < 4.78 is 0. The van der Waals surface area contributed by atoms with Gasteiger partial charge in [-0.2, -0.15) is 0 Å². The normalized spacial score (nSPS) is 12.6. The standard InChI is InChI=1S/C13H16N2OS/c1-8-9(2)17-13(15-8)7-12(16)10-3-5-11(14)6-4-10/h3-6,12,16H,7,14H2,1-2H3. The lowest BCUT2D eigenvalue weighted by Crippen LogP contribution is -2.01. The average molecular weight is 248 g/mol. The zero-order valence-electron chi connectivity index (χ0n) is 9.97. The number of aromatic nitrogens is 1. The highest BCUT2D eigenvalue weighted by molar-refractivity contribution is 7.11. The first-order valence-corrected chi connectivity index (χ1v) is 6.34. The molecule has 3 nitrogen and oxygen atoms in total. The minimum absolute atomic E-state index is 0.513. The molecule has 0 saturated carbocycles. The molecule has 0 aliphatic carbocycles. The van der Waals surface area contributed by atoms with Crippen molar-refractivity contribution in [2.75, 3.05) is 5.73 Å². The Balaban J connectivity index is 2.11. The van der Waals surface area contributed by atoms with Crippen LogP contribution in [0.5, 0.6) is 0 Å². The van der Waals surface area contributed by atoms with E-state index in [4.69, 9.17) is 5.73 Å². The van der Waals surface area contributed by atoms with Crippen LogP contribution in [0.25, 0.3) is 0 Å². The van der Waals surface area contributed by atoms with Gasteiger partial charge in [-0.3, -0.25) is 0 Å². The van der Waals surface area contributed by atoms with Gasteiger partial charge < -0.3 is 10.8 Å². The van der Waals surface area contributed by atoms with Gasteiger partial charge in [0.1, 0.15) is 0 Å². The first-order valence-electron chi connectivity index (χ1n) is 5.52. The van der Waals surface area contributed by atoms with Crippen LogP contribution >= 0.6 is 11.3 Å². The van der Waals surface area contributed by atoms with Crippen molar-refractivity contribution in [3.8, 4) is 0 Å². The van der Waals surface area contributed by atoms with Crippen LogP contribution in [-0.4, -0.2) is 10.1 Å². The Morgan fingerprint density at radius 2 is 1.94 bits per heavy atom. The van der Waals surface area contributed by atoms with Gasteiger partial charge in [-0.25, -0.2) is 4.98 Å². The summed E-state index contributed by atoms with van der Waals surface area (Å²) >= 11 is 1.64. The largest absolute Gasteiger partial charge is 0.399 e. The predicted molar refractivity (Wildman–Crippen MR) is 71.1 cm³/mol.